The number of amides is 1. The highest BCUT2D eigenvalue weighted by molar-refractivity contribution is 7.80. The quantitative estimate of drug-likeness (QED) is 0.377. The molecule has 4 heterocycles. The zero-order valence-corrected chi connectivity index (χ0v) is 19.5. The molecule has 3 aromatic heterocycles. The van der Waals surface area contributed by atoms with Crippen LogP contribution < -0.4 is 10.6 Å². The fourth-order valence-electron chi connectivity index (χ4n) is 4.31. The first-order chi connectivity index (χ1) is 17.1. The number of nitrogens with zero attached hydrogens (tertiary/aromatic N) is 4. The maximum Gasteiger partial charge on any atom is 0.226 e. The molecule has 1 fully saturated rings. The van der Waals surface area contributed by atoms with E-state index < -0.39 is 0 Å². The highest BCUT2D eigenvalue weighted by Gasteiger charge is 2.41. The fraction of sp³-hybridized carbons (Fsp3) is 0.154. The van der Waals surface area contributed by atoms with Crippen LogP contribution in [0.4, 0.5) is 10.1 Å². The van der Waals surface area contributed by atoms with Gasteiger partial charge in [-0.2, -0.15) is 0 Å². The van der Waals surface area contributed by atoms with Gasteiger partial charge in [-0.05, 0) is 72.9 Å². The van der Waals surface area contributed by atoms with Crippen molar-refractivity contribution < 1.29 is 9.18 Å². The highest BCUT2D eigenvalue weighted by atomic mass is 32.1. The van der Waals surface area contributed by atoms with Crippen LogP contribution in [0, 0.1) is 5.82 Å². The highest BCUT2D eigenvalue weighted by Crippen LogP contribution is 2.39. The third-order valence-electron chi connectivity index (χ3n) is 5.91. The summed E-state index contributed by atoms with van der Waals surface area (Å²) in [5.41, 5.74) is 3.34. The number of aromatic nitrogens is 3. The van der Waals surface area contributed by atoms with Crippen LogP contribution in [0.5, 0.6) is 0 Å². The maximum atomic E-state index is 13.2. The standard InChI is InChI=1S/C26H23FN6OS/c27-18-8-10-19(11-9-18)30-23(34)12-16-33-25(24(31-26(33)35)21-6-1-2-14-29-21)22-7-4-15-32(22)20-5-3-13-28-17-20/h1-11,13-15,17,24-25H,12,16H2,(H,30,34)(H,31,35). The monoisotopic (exact) mass is 486 g/mol. The molecule has 2 atom stereocenters. The summed E-state index contributed by atoms with van der Waals surface area (Å²) in [5, 5.41) is 6.78. The molecule has 2 unspecified atom stereocenters. The summed E-state index contributed by atoms with van der Waals surface area (Å²) in [6.45, 7) is 0.394. The molecule has 4 aromatic rings. The van der Waals surface area contributed by atoms with E-state index in [1.807, 2.05) is 47.5 Å². The summed E-state index contributed by atoms with van der Waals surface area (Å²) < 4.78 is 15.3. The molecule has 176 valence electrons. The van der Waals surface area contributed by atoms with Gasteiger partial charge >= 0.3 is 0 Å². The van der Waals surface area contributed by atoms with Gasteiger partial charge in [0.25, 0.3) is 0 Å². The topological polar surface area (TPSA) is 75.1 Å². The van der Waals surface area contributed by atoms with Crippen LogP contribution in [-0.4, -0.2) is 37.0 Å². The third kappa shape index (κ3) is 4.90. The molecule has 1 aliphatic heterocycles. The van der Waals surface area contributed by atoms with E-state index in [9.17, 15) is 9.18 Å². The minimum atomic E-state index is -0.350. The minimum Gasteiger partial charge on any atom is -0.352 e. The van der Waals surface area contributed by atoms with Crippen LogP contribution >= 0.6 is 12.2 Å². The van der Waals surface area contributed by atoms with E-state index in [4.69, 9.17) is 12.2 Å². The normalized spacial score (nSPS) is 17.3. The second kappa shape index (κ2) is 10.0. The number of hydrogen-bond donors (Lipinski definition) is 2. The zero-order valence-electron chi connectivity index (χ0n) is 18.7. The van der Waals surface area contributed by atoms with E-state index in [1.54, 1.807) is 18.6 Å². The van der Waals surface area contributed by atoms with Crippen molar-refractivity contribution in [1.29, 1.82) is 0 Å². The lowest BCUT2D eigenvalue weighted by molar-refractivity contribution is -0.116. The van der Waals surface area contributed by atoms with Crippen molar-refractivity contribution in [2.75, 3.05) is 11.9 Å². The van der Waals surface area contributed by atoms with Gasteiger partial charge in [-0.1, -0.05) is 6.07 Å². The van der Waals surface area contributed by atoms with Crippen LogP contribution in [-0.2, 0) is 4.79 Å². The molecule has 1 amide bonds. The summed E-state index contributed by atoms with van der Waals surface area (Å²) in [4.78, 5) is 23.5. The average Bonchev–Trinajstić information content (AvgIpc) is 3.49. The number of pyridine rings is 2. The number of thiocarbonyl (C=S) groups is 1. The molecular weight excluding hydrogens is 463 g/mol. The average molecular weight is 487 g/mol. The summed E-state index contributed by atoms with van der Waals surface area (Å²) in [6.07, 6.45) is 7.50. The Labute approximate surface area is 207 Å². The van der Waals surface area contributed by atoms with Crippen molar-refractivity contribution in [1.82, 2.24) is 24.8 Å². The summed E-state index contributed by atoms with van der Waals surface area (Å²) in [7, 11) is 0. The van der Waals surface area contributed by atoms with Crippen molar-refractivity contribution in [3.05, 3.63) is 109 Å². The molecule has 2 N–H and O–H groups in total. The summed E-state index contributed by atoms with van der Waals surface area (Å²) in [6, 6.07) is 19.0. The van der Waals surface area contributed by atoms with Gasteiger partial charge in [-0.3, -0.25) is 14.8 Å². The largest absolute Gasteiger partial charge is 0.352 e. The molecule has 0 spiro atoms. The molecule has 0 saturated carbocycles. The molecule has 0 bridgehead atoms. The lowest BCUT2D eigenvalue weighted by Gasteiger charge is -2.28. The lowest BCUT2D eigenvalue weighted by Crippen LogP contribution is -2.33. The van der Waals surface area contributed by atoms with Crippen molar-refractivity contribution >= 4 is 28.9 Å². The number of benzene rings is 1. The van der Waals surface area contributed by atoms with Crippen molar-refractivity contribution in [2.24, 2.45) is 0 Å². The third-order valence-corrected chi connectivity index (χ3v) is 6.27. The van der Waals surface area contributed by atoms with Crippen LogP contribution in [0.25, 0.3) is 5.69 Å². The lowest BCUT2D eigenvalue weighted by atomic mass is 10.0. The Morgan fingerprint density at radius 3 is 2.66 bits per heavy atom. The SMILES string of the molecule is O=C(CCN1C(=S)NC(c2ccccn2)C1c1cccn1-c1cccnc1)Nc1ccc(F)cc1. The number of carbonyl (C=O) groups excluding carboxylic acids is 1. The van der Waals surface area contributed by atoms with Crippen molar-refractivity contribution in [2.45, 2.75) is 18.5 Å². The van der Waals surface area contributed by atoms with Gasteiger partial charge < -0.3 is 20.1 Å². The Kier molecular flexibility index (Phi) is 6.49. The van der Waals surface area contributed by atoms with E-state index in [1.165, 1.54) is 24.3 Å². The molecule has 1 aromatic carbocycles. The second-order valence-electron chi connectivity index (χ2n) is 8.14. The van der Waals surface area contributed by atoms with E-state index in [0.717, 1.165) is 17.1 Å². The molecule has 9 heteroatoms. The number of anilines is 1. The maximum absolute atomic E-state index is 13.2. The Morgan fingerprint density at radius 2 is 1.91 bits per heavy atom. The molecule has 1 aliphatic rings. The van der Waals surface area contributed by atoms with Gasteiger partial charge in [0.2, 0.25) is 5.91 Å². The number of carbonyl (C=O) groups is 1. The van der Waals surface area contributed by atoms with E-state index in [-0.39, 0.29) is 30.2 Å². The first-order valence-electron chi connectivity index (χ1n) is 11.2. The summed E-state index contributed by atoms with van der Waals surface area (Å²) in [5.74, 6) is -0.529. The van der Waals surface area contributed by atoms with Crippen LogP contribution in [0.3, 0.4) is 0 Å². The smallest absolute Gasteiger partial charge is 0.226 e. The van der Waals surface area contributed by atoms with Crippen molar-refractivity contribution in [3.63, 3.8) is 0 Å². The van der Waals surface area contributed by atoms with Crippen LogP contribution in [0.2, 0.25) is 0 Å². The molecule has 0 radical (unpaired) electrons. The van der Waals surface area contributed by atoms with Crippen LogP contribution in [0.1, 0.15) is 29.9 Å². The first kappa shape index (κ1) is 22.7. The Hall–Kier alpha value is -4.11. The fourth-order valence-corrected chi connectivity index (χ4v) is 4.64. The van der Waals surface area contributed by atoms with E-state index >= 15 is 0 Å². The molecule has 35 heavy (non-hydrogen) atoms. The van der Waals surface area contributed by atoms with Gasteiger partial charge in [0.15, 0.2) is 5.11 Å². The molecule has 5 rings (SSSR count). The molecule has 0 aliphatic carbocycles. The second-order valence-corrected chi connectivity index (χ2v) is 8.53. The van der Waals surface area contributed by atoms with E-state index in [2.05, 4.69) is 31.2 Å². The zero-order chi connectivity index (χ0) is 24.2. The molecule has 7 nitrogen and oxygen atoms in total. The van der Waals surface area contributed by atoms with Gasteiger partial charge in [0, 0.05) is 42.9 Å². The van der Waals surface area contributed by atoms with E-state index in [0.29, 0.717) is 17.3 Å². The summed E-state index contributed by atoms with van der Waals surface area (Å²) >= 11 is 5.72. The number of halogens is 1. The number of hydrogen-bond acceptors (Lipinski definition) is 4. The predicted molar refractivity (Wildman–Crippen MR) is 135 cm³/mol. The first-order valence-corrected chi connectivity index (χ1v) is 11.6. The van der Waals surface area contributed by atoms with Crippen molar-refractivity contribution in [3.8, 4) is 5.69 Å². The Balaban J connectivity index is 1.42. The van der Waals surface area contributed by atoms with Gasteiger partial charge in [0.1, 0.15) is 5.82 Å². The Bertz CT molecular complexity index is 1310. The predicted octanol–water partition coefficient (Wildman–Crippen LogP) is 4.41. The molecular formula is C26H23FN6OS. The number of nitrogens with one attached hydrogen (secondary N) is 2. The minimum absolute atomic E-state index is 0.179. The number of rotatable bonds is 7. The van der Waals surface area contributed by atoms with Crippen LogP contribution in [0.15, 0.2) is 91.5 Å². The van der Waals surface area contributed by atoms with Gasteiger partial charge in [-0.15, -0.1) is 0 Å². The Morgan fingerprint density at radius 1 is 1.06 bits per heavy atom. The van der Waals surface area contributed by atoms with Gasteiger partial charge in [-0.25, -0.2) is 4.39 Å². The van der Waals surface area contributed by atoms with Gasteiger partial charge in [0.05, 0.1) is 29.7 Å². The molecule has 1 saturated heterocycles.